The van der Waals surface area contributed by atoms with Crippen LogP contribution < -0.4 is 16.0 Å². The average Bonchev–Trinajstić information content (AvgIpc) is 3.67. The van der Waals surface area contributed by atoms with Crippen LogP contribution in [0.2, 0.25) is 0 Å². The summed E-state index contributed by atoms with van der Waals surface area (Å²) in [6, 6.07) is 12.4. The molecule has 3 aromatic heterocycles. The van der Waals surface area contributed by atoms with Gasteiger partial charge in [-0.2, -0.15) is 10.2 Å². The fourth-order valence-corrected chi connectivity index (χ4v) is 5.81. The molecule has 5 rings (SSSR count). The van der Waals surface area contributed by atoms with E-state index in [9.17, 15) is 23.6 Å². The molecule has 0 spiro atoms. The number of carbonyl (C=O) groups excluding carboxylic acids is 2. The van der Waals surface area contributed by atoms with Crippen molar-refractivity contribution in [3.05, 3.63) is 104 Å². The maximum absolute atomic E-state index is 14.1. The van der Waals surface area contributed by atoms with E-state index in [-0.39, 0.29) is 28.1 Å². The smallest absolute Gasteiger partial charge is 0.333 e. The molecule has 0 aliphatic carbocycles. The van der Waals surface area contributed by atoms with Gasteiger partial charge in [0.15, 0.2) is 5.78 Å². The second kappa shape index (κ2) is 13.2. The Labute approximate surface area is 256 Å². The molecule has 0 fully saturated rings. The van der Waals surface area contributed by atoms with Gasteiger partial charge in [0, 0.05) is 5.56 Å². The van der Waals surface area contributed by atoms with Crippen LogP contribution in [0.1, 0.15) is 49.2 Å². The van der Waals surface area contributed by atoms with Crippen molar-refractivity contribution in [2.24, 2.45) is 0 Å². The van der Waals surface area contributed by atoms with Crippen LogP contribution in [0.4, 0.5) is 4.39 Å². The molecule has 2 aromatic carbocycles. The largest absolute Gasteiger partial charge is 0.496 e. The Hall–Kier alpha value is -4.91. The van der Waals surface area contributed by atoms with Crippen LogP contribution in [-0.4, -0.2) is 43.0 Å². The van der Waals surface area contributed by atoms with Crippen molar-refractivity contribution in [3.8, 4) is 10.8 Å². The molecular weight excluding hydrogens is 589 g/mol. The SMILES string of the molecule is CC.COc1ccc(F)cc1C(=O)Cn1c(=O)n(C(C)(C)C(=O)OCc2ccccc2)c(=O)c2c(C)c(-n3nccn3)sc21. The maximum atomic E-state index is 14.1. The zero-order valence-electron chi connectivity index (χ0n) is 25.2. The first-order valence-electron chi connectivity index (χ1n) is 13.8. The summed E-state index contributed by atoms with van der Waals surface area (Å²) in [5.74, 6) is -2.01. The van der Waals surface area contributed by atoms with E-state index in [1.165, 1.54) is 44.2 Å². The lowest BCUT2D eigenvalue weighted by Crippen LogP contribution is -2.53. The maximum Gasteiger partial charge on any atom is 0.333 e. The third-order valence-corrected chi connectivity index (χ3v) is 8.10. The van der Waals surface area contributed by atoms with Crippen molar-refractivity contribution in [1.29, 1.82) is 0 Å². The Balaban J connectivity index is 0.00000216. The molecule has 0 aliphatic heterocycles. The molecule has 0 bridgehead atoms. The summed E-state index contributed by atoms with van der Waals surface area (Å²) in [6.45, 7) is 7.81. The molecule has 0 amide bonds. The van der Waals surface area contributed by atoms with E-state index in [0.29, 0.717) is 10.6 Å². The van der Waals surface area contributed by atoms with Gasteiger partial charge in [-0.1, -0.05) is 55.5 Å². The number of aromatic nitrogens is 5. The predicted molar refractivity (Wildman–Crippen MR) is 164 cm³/mol. The Kier molecular flexibility index (Phi) is 9.58. The number of fused-ring (bicyclic) bond motifs is 1. The molecule has 0 unspecified atom stereocenters. The highest BCUT2D eigenvalue weighted by atomic mass is 32.1. The number of ketones is 1. The number of methoxy groups -OCH3 is 1. The van der Waals surface area contributed by atoms with Crippen LogP contribution in [-0.2, 0) is 28.2 Å². The van der Waals surface area contributed by atoms with Gasteiger partial charge in [0.05, 0.1) is 37.0 Å². The predicted octanol–water partition coefficient (Wildman–Crippen LogP) is 4.65. The molecule has 0 aliphatic rings. The number of Topliss-reactive ketones (excluding diaryl/α,β-unsaturated/α-hetero) is 1. The van der Waals surface area contributed by atoms with Crippen LogP contribution in [0, 0.1) is 12.7 Å². The number of benzene rings is 2. The fourth-order valence-electron chi connectivity index (χ4n) is 4.60. The van der Waals surface area contributed by atoms with Crippen molar-refractivity contribution in [1.82, 2.24) is 24.1 Å². The third kappa shape index (κ3) is 5.95. The second-order valence-corrected chi connectivity index (χ2v) is 10.9. The molecule has 11 nitrogen and oxygen atoms in total. The van der Waals surface area contributed by atoms with E-state index in [1.54, 1.807) is 31.2 Å². The Morgan fingerprint density at radius 2 is 1.68 bits per heavy atom. The summed E-state index contributed by atoms with van der Waals surface area (Å²) in [5, 5.41) is 8.83. The van der Waals surface area contributed by atoms with Gasteiger partial charge in [-0.3, -0.25) is 14.2 Å². The lowest BCUT2D eigenvalue weighted by molar-refractivity contribution is -0.154. The normalized spacial score (nSPS) is 11.2. The molecule has 230 valence electrons. The lowest BCUT2D eigenvalue weighted by atomic mass is 10.0. The highest BCUT2D eigenvalue weighted by Gasteiger charge is 2.37. The van der Waals surface area contributed by atoms with Crippen molar-refractivity contribution in [3.63, 3.8) is 0 Å². The van der Waals surface area contributed by atoms with E-state index in [1.807, 2.05) is 19.9 Å². The molecule has 3 heterocycles. The molecule has 0 N–H and O–H groups in total. The van der Waals surface area contributed by atoms with Crippen LogP contribution in [0.15, 0.2) is 70.5 Å². The zero-order chi connectivity index (χ0) is 32.2. The number of carbonyl (C=O) groups is 2. The molecule has 0 saturated heterocycles. The van der Waals surface area contributed by atoms with Crippen molar-refractivity contribution in [2.75, 3.05) is 7.11 Å². The summed E-state index contributed by atoms with van der Waals surface area (Å²) in [7, 11) is 1.34. The summed E-state index contributed by atoms with van der Waals surface area (Å²) in [5.41, 5.74) is -2.34. The summed E-state index contributed by atoms with van der Waals surface area (Å²) in [6.07, 6.45) is 2.92. The number of halogens is 1. The first kappa shape index (κ1) is 32.0. The zero-order valence-corrected chi connectivity index (χ0v) is 26.0. The van der Waals surface area contributed by atoms with Crippen molar-refractivity contribution < 1.29 is 23.5 Å². The molecule has 0 saturated carbocycles. The summed E-state index contributed by atoms with van der Waals surface area (Å²) in [4.78, 5) is 56.3. The van der Waals surface area contributed by atoms with E-state index in [0.717, 1.165) is 38.2 Å². The van der Waals surface area contributed by atoms with Gasteiger partial charge < -0.3 is 9.47 Å². The number of thiophene rings is 1. The van der Waals surface area contributed by atoms with E-state index < -0.39 is 40.9 Å². The molecule has 13 heteroatoms. The number of hydrogen-bond acceptors (Lipinski definition) is 9. The van der Waals surface area contributed by atoms with Crippen molar-refractivity contribution >= 4 is 33.3 Å². The number of nitrogens with zero attached hydrogens (tertiary/aromatic N) is 5. The van der Waals surface area contributed by atoms with Gasteiger partial charge in [0.2, 0.25) is 0 Å². The number of rotatable bonds is 9. The Morgan fingerprint density at radius 3 is 2.32 bits per heavy atom. The first-order valence-corrected chi connectivity index (χ1v) is 14.6. The van der Waals surface area contributed by atoms with E-state index in [2.05, 4.69) is 10.2 Å². The second-order valence-electron chi connectivity index (χ2n) is 9.93. The molecule has 44 heavy (non-hydrogen) atoms. The van der Waals surface area contributed by atoms with Gasteiger partial charge in [-0.05, 0) is 44.5 Å². The van der Waals surface area contributed by atoms with Gasteiger partial charge >= 0.3 is 11.7 Å². The average molecular weight is 622 g/mol. The van der Waals surface area contributed by atoms with Crippen LogP contribution in [0.5, 0.6) is 5.75 Å². The first-order chi connectivity index (χ1) is 21.0. The number of esters is 1. The van der Waals surface area contributed by atoms with Gasteiger partial charge in [0.25, 0.3) is 5.56 Å². The molecule has 0 atom stereocenters. The standard InChI is InChI=1S/C29H26FN5O6S.C2H6/c1-17-23-24(37)34(29(2,3)27(38)41-16-18-8-6-5-7-9-18)28(39)33(26(23)42-25(17)35-31-12-13-32-35)15-21(36)20-14-19(30)10-11-22(20)40-4;1-2/h5-14H,15-16H2,1-4H3;1-2H3. The number of hydrogen-bond donors (Lipinski definition) is 0. The van der Waals surface area contributed by atoms with Crippen LogP contribution >= 0.6 is 11.3 Å². The highest BCUT2D eigenvalue weighted by molar-refractivity contribution is 7.21. The minimum Gasteiger partial charge on any atom is -0.496 e. The van der Waals surface area contributed by atoms with Crippen LogP contribution in [0.3, 0.4) is 0 Å². The Morgan fingerprint density at radius 1 is 1.02 bits per heavy atom. The fraction of sp³-hybridized carbons (Fsp3) is 0.290. The van der Waals surface area contributed by atoms with Crippen LogP contribution in [0.25, 0.3) is 15.2 Å². The third-order valence-electron chi connectivity index (χ3n) is 6.82. The minimum absolute atomic E-state index is 0.0707. The van der Waals surface area contributed by atoms with Gasteiger partial charge in [-0.25, -0.2) is 18.5 Å². The summed E-state index contributed by atoms with van der Waals surface area (Å²) >= 11 is 1.04. The molecule has 0 radical (unpaired) electrons. The monoisotopic (exact) mass is 621 g/mol. The topological polar surface area (TPSA) is 127 Å². The summed E-state index contributed by atoms with van der Waals surface area (Å²) < 4.78 is 26.7. The number of ether oxygens (including phenoxy) is 2. The Bertz CT molecular complexity index is 1930. The lowest BCUT2D eigenvalue weighted by Gasteiger charge is -2.25. The molecular formula is C31H32FN5O6S. The highest BCUT2D eigenvalue weighted by Crippen LogP contribution is 2.31. The molecule has 5 aromatic rings. The minimum atomic E-state index is -1.77. The van der Waals surface area contributed by atoms with E-state index >= 15 is 0 Å². The number of aryl methyl sites for hydroxylation is 1. The quantitative estimate of drug-likeness (QED) is 0.172. The van der Waals surface area contributed by atoms with E-state index in [4.69, 9.17) is 9.47 Å². The van der Waals surface area contributed by atoms with Crippen molar-refractivity contribution in [2.45, 2.75) is 53.3 Å². The van der Waals surface area contributed by atoms with Gasteiger partial charge in [0.1, 0.15) is 33.5 Å². The van der Waals surface area contributed by atoms with Gasteiger partial charge in [-0.15, -0.1) is 4.80 Å².